The van der Waals surface area contributed by atoms with Gasteiger partial charge in [-0.25, -0.2) is 0 Å². The summed E-state index contributed by atoms with van der Waals surface area (Å²) < 4.78 is 5.38. The number of nitrogens with zero attached hydrogens (tertiary/aromatic N) is 1. The fourth-order valence-electron chi connectivity index (χ4n) is 3.34. The molecule has 0 saturated heterocycles. The van der Waals surface area contributed by atoms with Gasteiger partial charge in [0.05, 0.1) is 30.9 Å². The summed E-state index contributed by atoms with van der Waals surface area (Å²) in [6.45, 7) is 0.581. The number of benzene rings is 2. The minimum atomic E-state index is -0.426. The van der Waals surface area contributed by atoms with Crippen LogP contribution in [0.3, 0.4) is 0 Å². The summed E-state index contributed by atoms with van der Waals surface area (Å²) in [5.74, 6) is 0.746. The highest BCUT2D eigenvalue weighted by Crippen LogP contribution is 2.37. The number of rotatable bonds is 5. The quantitative estimate of drug-likeness (QED) is 0.890. The van der Waals surface area contributed by atoms with E-state index in [1.807, 2.05) is 24.3 Å². The van der Waals surface area contributed by atoms with Crippen molar-refractivity contribution in [2.45, 2.75) is 24.9 Å². The van der Waals surface area contributed by atoms with Crippen molar-refractivity contribution in [2.75, 3.05) is 13.7 Å². The van der Waals surface area contributed by atoms with Crippen LogP contribution in [0.4, 0.5) is 0 Å². The number of fused-ring (bicyclic) bond motifs is 1. The third-order valence-corrected chi connectivity index (χ3v) is 4.65. The first-order valence-electron chi connectivity index (χ1n) is 7.74. The van der Waals surface area contributed by atoms with E-state index in [2.05, 4.69) is 23.5 Å². The lowest BCUT2D eigenvalue weighted by molar-refractivity contribution is 0.158. The summed E-state index contributed by atoms with van der Waals surface area (Å²) in [6.07, 6.45) is 1.82. The van der Waals surface area contributed by atoms with Crippen LogP contribution in [-0.2, 0) is 18.5 Å². The van der Waals surface area contributed by atoms with Crippen LogP contribution in [0.15, 0.2) is 42.5 Å². The molecule has 0 aliphatic heterocycles. The van der Waals surface area contributed by atoms with E-state index in [4.69, 9.17) is 10.00 Å². The van der Waals surface area contributed by atoms with Gasteiger partial charge in [0, 0.05) is 12.1 Å². The Hall–Kier alpha value is -2.35. The molecule has 2 aromatic carbocycles. The Labute approximate surface area is 136 Å². The van der Waals surface area contributed by atoms with Crippen molar-refractivity contribution < 1.29 is 9.84 Å². The number of hydrogen-bond donors (Lipinski definition) is 2. The number of nitrogens with one attached hydrogen (secondary N) is 1. The normalized spacial score (nSPS) is 19.2. The molecule has 1 atom stereocenters. The second kappa shape index (κ2) is 6.41. The highest BCUT2D eigenvalue weighted by Gasteiger charge is 2.37. The summed E-state index contributed by atoms with van der Waals surface area (Å²) in [7, 11) is 1.62. The molecule has 0 amide bonds. The lowest BCUT2D eigenvalue weighted by Crippen LogP contribution is -2.43. The molecule has 3 rings (SSSR count). The van der Waals surface area contributed by atoms with Crippen LogP contribution < -0.4 is 10.1 Å². The number of methoxy groups -OCH3 is 1. The van der Waals surface area contributed by atoms with Crippen molar-refractivity contribution in [1.82, 2.24) is 5.32 Å². The molecule has 0 fully saturated rings. The van der Waals surface area contributed by atoms with E-state index in [9.17, 15) is 5.11 Å². The van der Waals surface area contributed by atoms with Crippen molar-refractivity contribution in [3.05, 3.63) is 64.7 Å². The van der Waals surface area contributed by atoms with Crippen molar-refractivity contribution in [2.24, 2.45) is 0 Å². The molecule has 0 heterocycles. The third-order valence-electron chi connectivity index (χ3n) is 4.65. The highest BCUT2D eigenvalue weighted by atomic mass is 16.5. The standard InChI is InChI=1S/C19H20N2O2/c1-23-18-7-6-14(11-20)10-16(18)12-21-19(13-22)9-8-15-4-2-3-5-17(15)19/h2-7,10,21-22H,8-9,12-13H2,1H3. The first kappa shape index (κ1) is 15.5. The number of ether oxygens (including phenoxy) is 1. The Bertz CT molecular complexity index is 751. The monoisotopic (exact) mass is 308 g/mol. The van der Waals surface area contributed by atoms with Gasteiger partial charge < -0.3 is 15.2 Å². The SMILES string of the molecule is COc1ccc(C#N)cc1CNC1(CO)CCc2ccccc21. The van der Waals surface area contributed by atoms with Crippen molar-refractivity contribution in [1.29, 1.82) is 5.26 Å². The van der Waals surface area contributed by atoms with Gasteiger partial charge in [-0.2, -0.15) is 5.26 Å². The summed E-state index contributed by atoms with van der Waals surface area (Å²) in [5.41, 5.74) is 3.55. The van der Waals surface area contributed by atoms with E-state index in [1.54, 1.807) is 13.2 Å². The van der Waals surface area contributed by atoms with Crippen molar-refractivity contribution in [3.63, 3.8) is 0 Å². The summed E-state index contributed by atoms with van der Waals surface area (Å²) >= 11 is 0. The number of nitriles is 1. The van der Waals surface area contributed by atoms with Crippen LogP contribution in [0, 0.1) is 11.3 Å². The molecule has 0 aromatic heterocycles. The minimum Gasteiger partial charge on any atom is -0.496 e. The fourth-order valence-corrected chi connectivity index (χ4v) is 3.34. The van der Waals surface area contributed by atoms with Crippen LogP contribution in [0.5, 0.6) is 5.75 Å². The summed E-state index contributed by atoms with van der Waals surface area (Å²) in [6, 6.07) is 15.8. The first-order valence-corrected chi connectivity index (χ1v) is 7.74. The molecule has 0 spiro atoms. The van der Waals surface area contributed by atoms with Gasteiger partial charge >= 0.3 is 0 Å². The third kappa shape index (κ3) is 2.81. The van der Waals surface area contributed by atoms with Crippen molar-refractivity contribution in [3.8, 4) is 11.8 Å². The van der Waals surface area contributed by atoms with Gasteiger partial charge in [-0.3, -0.25) is 0 Å². The van der Waals surface area contributed by atoms with Crippen molar-refractivity contribution >= 4 is 0 Å². The number of aliphatic hydroxyl groups excluding tert-OH is 1. The zero-order chi connectivity index (χ0) is 16.3. The molecule has 0 bridgehead atoms. The molecule has 2 aromatic rings. The van der Waals surface area contributed by atoms with E-state index in [-0.39, 0.29) is 6.61 Å². The minimum absolute atomic E-state index is 0.0459. The molecule has 0 radical (unpaired) electrons. The Balaban J connectivity index is 1.87. The van der Waals surface area contributed by atoms with Crippen LogP contribution in [-0.4, -0.2) is 18.8 Å². The Kier molecular flexibility index (Phi) is 4.33. The molecule has 4 nitrogen and oxygen atoms in total. The van der Waals surface area contributed by atoms with E-state index >= 15 is 0 Å². The molecule has 1 aliphatic carbocycles. The maximum absolute atomic E-state index is 10.0. The first-order chi connectivity index (χ1) is 11.2. The molecule has 1 unspecified atom stereocenters. The van der Waals surface area contributed by atoms with Gasteiger partial charge in [0.15, 0.2) is 0 Å². The van der Waals surface area contributed by atoms with E-state index < -0.39 is 5.54 Å². The van der Waals surface area contributed by atoms with Gasteiger partial charge in [-0.1, -0.05) is 24.3 Å². The maximum atomic E-state index is 10.0. The molecule has 4 heteroatoms. The van der Waals surface area contributed by atoms with Crippen LogP contribution in [0.1, 0.15) is 28.7 Å². The van der Waals surface area contributed by atoms with E-state index in [1.165, 1.54) is 5.56 Å². The summed E-state index contributed by atoms with van der Waals surface area (Å²) in [5, 5.41) is 22.6. The highest BCUT2D eigenvalue weighted by molar-refractivity contribution is 5.43. The number of aryl methyl sites for hydroxylation is 1. The molecule has 2 N–H and O–H groups in total. The molecule has 118 valence electrons. The predicted molar refractivity (Wildman–Crippen MR) is 88.1 cm³/mol. The van der Waals surface area contributed by atoms with Gasteiger partial charge in [0.25, 0.3) is 0 Å². The topological polar surface area (TPSA) is 65.3 Å². The van der Waals surface area contributed by atoms with E-state index in [0.29, 0.717) is 12.1 Å². The lowest BCUT2D eigenvalue weighted by atomic mass is 9.92. The molecular formula is C19H20N2O2. The second-order valence-corrected chi connectivity index (χ2v) is 5.89. The molecule has 1 aliphatic rings. The average molecular weight is 308 g/mol. The van der Waals surface area contributed by atoms with Gasteiger partial charge in [0.1, 0.15) is 5.75 Å². The second-order valence-electron chi connectivity index (χ2n) is 5.89. The Morgan fingerprint density at radius 2 is 2.13 bits per heavy atom. The smallest absolute Gasteiger partial charge is 0.123 e. The number of aliphatic hydroxyl groups is 1. The molecular weight excluding hydrogens is 288 g/mol. The molecule has 23 heavy (non-hydrogen) atoms. The van der Waals surface area contributed by atoms with E-state index in [0.717, 1.165) is 29.7 Å². The van der Waals surface area contributed by atoms with Gasteiger partial charge in [0.2, 0.25) is 0 Å². The average Bonchev–Trinajstić information content (AvgIpc) is 2.99. The largest absolute Gasteiger partial charge is 0.496 e. The number of hydrogen-bond acceptors (Lipinski definition) is 4. The van der Waals surface area contributed by atoms with Crippen LogP contribution in [0.25, 0.3) is 0 Å². The maximum Gasteiger partial charge on any atom is 0.123 e. The van der Waals surface area contributed by atoms with Gasteiger partial charge in [-0.15, -0.1) is 0 Å². The Morgan fingerprint density at radius 3 is 2.87 bits per heavy atom. The summed E-state index contributed by atoms with van der Waals surface area (Å²) in [4.78, 5) is 0. The molecule has 0 saturated carbocycles. The van der Waals surface area contributed by atoms with Gasteiger partial charge in [-0.05, 0) is 42.2 Å². The predicted octanol–water partition coefficient (Wildman–Crippen LogP) is 2.49. The zero-order valence-corrected chi connectivity index (χ0v) is 13.2. The zero-order valence-electron chi connectivity index (χ0n) is 13.2. The lowest BCUT2D eigenvalue weighted by Gasteiger charge is -2.30. The van der Waals surface area contributed by atoms with Crippen LogP contribution >= 0.6 is 0 Å². The Morgan fingerprint density at radius 1 is 1.30 bits per heavy atom. The fraction of sp³-hybridized carbons (Fsp3) is 0.316. The van der Waals surface area contributed by atoms with Crippen LogP contribution in [0.2, 0.25) is 0 Å².